The number of nitrogens with zero attached hydrogens (tertiary/aromatic N) is 7. The zero-order chi connectivity index (χ0) is 24.2. The minimum Gasteiger partial charge on any atom is -0.394 e. The van der Waals surface area contributed by atoms with Gasteiger partial charge in [-0.3, -0.25) is 9.48 Å². The number of imidazole rings is 1. The molecule has 0 unspecified atom stereocenters. The van der Waals surface area contributed by atoms with Gasteiger partial charge in [0.2, 0.25) is 5.91 Å². The Morgan fingerprint density at radius 1 is 1.36 bits per heavy atom. The molecule has 12 nitrogen and oxygen atoms in total. The van der Waals surface area contributed by atoms with E-state index in [0.29, 0.717) is 31.6 Å². The SMILES string of the molecule is C[C@H](CO)N1C[C@H](C)[C@H](CN(C)S(=O)(=O)c2cn(C)cn2)OCc2cn(nn2)CCCC1=O. The van der Waals surface area contributed by atoms with Gasteiger partial charge < -0.3 is 19.3 Å². The van der Waals surface area contributed by atoms with Crippen molar-refractivity contribution in [2.75, 3.05) is 26.7 Å². The van der Waals surface area contributed by atoms with Gasteiger partial charge in [-0.25, -0.2) is 13.4 Å². The Hall–Kier alpha value is -2.35. The summed E-state index contributed by atoms with van der Waals surface area (Å²) in [6, 6.07) is -0.363. The molecule has 1 aliphatic rings. The molecular weight excluding hydrogens is 450 g/mol. The molecule has 0 fully saturated rings. The number of likely N-dealkylation sites (N-methyl/N-ethyl adjacent to an activating group) is 1. The highest BCUT2D eigenvalue weighted by molar-refractivity contribution is 7.89. The van der Waals surface area contributed by atoms with E-state index in [1.165, 1.54) is 23.9 Å². The van der Waals surface area contributed by atoms with Crippen molar-refractivity contribution in [2.24, 2.45) is 13.0 Å². The van der Waals surface area contributed by atoms with Crippen molar-refractivity contribution in [3.05, 3.63) is 24.4 Å². The maximum atomic E-state index is 13.0. The second-order valence-electron chi connectivity index (χ2n) is 8.64. The van der Waals surface area contributed by atoms with Crippen LogP contribution >= 0.6 is 0 Å². The molecule has 33 heavy (non-hydrogen) atoms. The van der Waals surface area contributed by atoms with Crippen LogP contribution in [0.15, 0.2) is 23.7 Å². The molecular formula is C20H33N7O5S. The number of aromatic nitrogens is 5. The lowest BCUT2D eigenvalue weighted by atomic mass is 10.0. The van der Waals surface area contributed by atoms with Gasteiger partial charge in [-0.2, -0.15) is 4.31 Å². The molecule has 0 aromatic carbocycles. The first-order chi connectivity index (χ1) is 15.6. The minimum absolute atomic E-state index is 0.0431. The normalized spacial score (nSPS) is 22.0. The van der Waals surface area contributed by atoms with E-state index in [-0.39, 0.29) is 42.7 Å². The van der Waals surface area contributed by atoms with Gasteiger partial charge in [0, 0.05) is 52.3 Å². The number of rotatable bonds is 6. The van der Waals surface area contributed by atoms with Crippen LogP contribution < -0.4 is 0 Å². The second kappa shape index (κ2) is 10.7. The number of aryl methyl sites for hydroxylation is 2. The number of carbonyl (C=O) groups is 1. The fourth-order valence-electron chi connectivity index (χ4n) is 3.73. The largest absolute Gasteiger partial charge is 0.394 e. The van der Waals surface area contributed by atoms with Crippen molar-refractivity contribution in [2.45, 2.75) is 57.0 Å². The van der Waals surface area contributed by atoms with E-state index >= 15 is 0 Å². The summed E-state index contributed by atoms with van der Waals surface area (Å²) in [7, 11) is -0.632. The maximum Gasteiger partial charge on any atom is 0.261 e. The van der Waals surface area contributed by atoms with Crippen LogP contribution in [-0.4, -0.2) is 92.1 Å². The van der Waals surface area contributed by atoms with Crippen LogP contribution in [-0.2, 0) is 39.8 Å². The highest BCUT2D eigenvalue weighted by atomic mass is 32.2. The van der Waals surface area contributed by atoms with Gasteiger partial charge in [-0.15, -0.1) is 5.10 Å². The monoisotopic (exact) mass is 483 g/mol. The van der Waals surface area contributed by atoms with Crippen LogP contribution in [0.1, 0.15) is 32.4 Å². The smallest absolute Gasteiger partial charge is 0.261 e. The van der Waals surface area contributed by atoms with Crippen molar-refractivity contribution >= 4 is 15.9 Å². The Labute approximate surface area is 194 Å². The summed E-state index contributed by atoms with van der Waals surface area (Å²) in [5, 5.41) is 17.8. The van der Waals surface area contributed by atoms with Crippen LogP contribution in [0.4, 0.5) is 0 Å². The van der Waals surface area contributed by atoms with Crippen molar-refractivity contribution in [3.63, 3.8) is 0 Å². The van der Waals surface area contributed by atoms with Crippen LogP contribution in [0.5, 0.6) is 0 Å². The molecule has 2 aromatic rings. The molecule has 0 saturated heterocycles. The molecule has 2 aromatic heterocycles. The average Bonchev–Trinajstić information content (AvgIpc) is 3.42. The molecule has 3 atom stereocenters. The molecule has 3 heterocycles. The van der Waals surface area contributed by atoms with Gasteiger partial charge in [0.15, 0.2) is 5.03 Å². The van der Waals surface area contributed by atoms with E-state index in [2.05, 4.69) is 15.3 Å². The highest BCUT2D eigenvalue weighted by Gasteiger charge is 2.31. The van der Waals surface area contributed by atoms with Crippen LogP contribution in [0.2, 0.25) is 0 Å². The molecule has 1 amide bonds. The van der Waals surface area contributed by atoms with Gasteiger partial charge in [-0.1, -0.05) is 12.1 Å². The first-order valence-corrected chi connectivity index (χ1v) is 12.4. The topological polar surface area (TPSA) is 136 Å². The summed E-state index contributed by atoms with van der Waals surface area (Å²) in [6.45, 7) is 4.63. The zero-order valence-corrected chi connectivity index (χ0v) is 20.3. The lowest BCUT2D eigenvalue weighted by molar-refractivity contribution is -0.136. The molecule has 3 rings (SSSR count). The lowest BCUT2D eigenvalue weighted by Gasteiger charge is -2.34. The fourth-order valence-corrected chi connectivity index (χ4v) is 4.87. The van der Waals surface area contributed by atoms with Gasteiger partial charge in [-0.05, 0) is 13.3 Å². The minimum atomic E-state index is -3.82. The number of fused-ring (bicyclic) bond motifs is 2. The van der Waals surface area contributed by atoms with Crippen molar-refractivity contribution < 1.29 is 23.1 Å². The Balaban J connectivity index is 1.85. The summed E-state index contributed by atoms with van der Waals surface area (Å²) in [5.41, 5.74) is 0.633. The number of amides is 1. The van der Waals surface area contributed by atoms with Crippen LogP contribution in [0.25, 0.3) is 0 Å². The van der Waals surface area contributed by atoms with Gasteiger partial charge in [0.05, 0.1) is 37.9 Å². The van der Waals surface area contributed by atoms with Crippen LogP contribution in [0.3, 0.4) is 0 Å². The van der Waals surface area contributed by atoms with Crippen molar-refractivity contribution in [1.82, 2.24) is 33.8 Å². The summed E-state index contributed by atoms with van der Waals surface area (Å²) < 4.78 is 36.6. The van der Waals surface area contributed by atoms with E-state index in [4.69, 9.17) is 4.74 Å². The number of hydrogen-bond acceptors (Lipinski definition) is 8. The van der Waals surface area contributed by atoms with Crippen LogP contribution in [0, 0.1) is 5.92 Å². The van der Waals surface area contributed by atoms with Crippen molar-refractivity contribution in [1.29, 1.82) is 0 Å². The fraction of sp³-hybridized carbons (Fsp3) is 0.700. The number of ether oxygens (including phenoxy) is 1. The Bertz CT molecular complexity index is 1040. The second-order valence-corrected chi connectivity index (χ2v) is 10.6. The maximum absolute atomic E-state index is 13.0. The molecule has 0 radical (unpaired) electrons. The number of carbonyl (C=O) groups excluding carboxylic acids is 1. The Morgan fingerprint density at radius 2 is 2.12 bits per heavy atom. The predicted octanol–water partition coefficient (Wildman–Crippen LogP) is -0.143. The van der Waals surface area contributed by atoms with E-state index in [1.807, 2.05) is 6.92 Å². The van der Waals surface area contributed by atoms with E-state index in [1.54, 1.807) is 34.3 Å². The van der Waals surface area contributed by atoms with E-state index in [9.17, 15) is 18.3 Å². The Kier molecular flexibility index (Phi) is 8.21. The van der Waals surface area contributed by atoms with Gasteiger partial charge in [0.1, 0.15) is 5.69 Å². The van der Waals surface area contributed by atoms with Gasteiger partial charge >= 0.3 is 0 Å². The van der Waals surface area contributed by atoms with Crippen molar-refractivity contribution in [3.8, 4) is 0 Å². The molecule has 0 saturated carbocycles. The number of hydrogen-bond donors (Lipinski definition) is 1. The molecule has 0 aliphatic carbocycles. The molecule has 13 heteroatoms. The molecule has 1 N–H and O–H groups in total. The number of sulfonamides is 1. The third kappa shape index (κ3) is 6.16. The first-order valence-electron chi connectivity index (χ1n) is 11.0. The summed E-state index contributed by atoms with van der Waals surface area (Å²) in [4.78, 5) is 18.5. The zero-order valence-electron chi connectivity index (χ0n) is 19.5. The third-order valence-corrected chi connectivity index (χ3v) is 7.55. The quantitative estimate of drug-likeness (QED) is 0.600. The highest BCUT2D eigenvalue weighted by Crippen LogP contribution is 2.20. The third-order valence-electron chi connectivity index (χ3n) is 5.84. The van der Waals surface area contributed by atoms with E-state index in [0.717, 1.165) is 0 Å². The predicted molar refractivity (Wildman–Crippen MR) is 118 cm³/mol. The molecule has 0 spiro atoms. The number of aliphatic hydroxyl groups excluding tert-OH is 1. The molecule has 1 aliphatic heterocycles. The van der Waals surface area contributed by atoms with E-state index < -0.39 is 16.1 Å². The average molecular weight is 484 g/mol. The lowest BCUT2D eigenvalue weighted by Crippen LogP contribution is -2.47. The summed E-state index contributed by atoms with van der Waals surface area (Å²) in [5.74, 6) is -0.295. The standard InChI is InChI=1S/C20H33N7O5S/c1-15-8-27(16(2)12-28)20(29)6-5-7-26-9-17(22-23-26)13-32-18(15)10-25(4)33(30,31)19-11-24(3)14-21-19/h9,11,14-16,18,28H,5-8,10,12-13H2,1-4H3/t15-,16+,18-/m0/s1. The Morgan fingerprint density at radius 3 is 2.79 bits per heavy atom. The summed E-state index contributed by atoms with van der Waals surface area (Å²) in [6.07, 6.45) is 5.02. The summed E-state index contributed by atoms with van der Waals surface area (Å²) >= 11 is 0. The number of aliphatic hydroxyl groups is 1. The molecule has 2 bridgehead atoms. The van der Waals surface area contributed by atoms with Gasteiger partial charge in [0.25, 0.3) is 10.0 Å². The molecule has 184 valence electrons. The first kappa shape index (κ1) is 25.3.